The number of nitrogens with one attached hydrogen (secondary N) is 1. The molecular weight excluding hydrogens is 883 g/mol. The van der Waals surface area contributed by atoms with Crippen molar-refractivity contribution < 1.29 is 69.8 Å². The summed E-state index contributed by atoms with van der Waals surface area (Å²) in [6, 6.07) is 11.3. The predicted octanol–water partition coefficient (Wildman–Crippen LogP) is 7.05. The Kier molecular flexibility index (Phi) is 24.8. The van der Waals surface area contributed by atoms with E-state index < -0.39 is 23.0 Å². The molecule has 2 rings (SSSR count). The molecule has 0 radical (unpaired) electrons. The summed E-state index contributed by atoms with van der Waals surface area (Å²) in [7, 11) is 6.01. The summed E-state index contributed by atoms with van der Waals surface area (Å²) in [5, 5.41) is 2.61. The van der Waals surface area contributed by atoms with Crippen molar-refractivity contribution in [3.05, 3.63) is 47.5 Å². The standard InChI is InChI=1S/C25H50N3O7P2.C19H35N2O5P/c1-21(2)34-24-13-12-23(20-25(24)35-22(3)4)14-15-26(36(11,29)32-18-16-27(5,6)7)37(30,31)33-19-17-28(8,9)10;1-15(2)25-18-9-8-17(14-19(18)26-16(3)4)10-11-20-27(22,23)24-13-12-21(5,6)7/h12-13,20-22H,11,14-19H2,1-10H3,(H-,29,30,31);8-9,14-16H,10-13H2,1-7H3,(H-,20,22,23)/q+1;/p+2. The van der Waals surface area contributed by atoms with Crippen LogP contribution in [0.25, 0.3) is 0 Å². The zero-order chi connectivity index (χ0) is 49.3. The summed E-state index contributed by atoms with van der Waals surface area (Å²) in [5.74, 6) is 2.61. The number of hydrogen-bond donors (Lipinski definition) is 4. The van der Waals surface area contributed by atoms with Gasteiger partial charge >= 0.3 is 15.5 Å². The van der Waals surface area contributed by atoms with Gasteiger partial charge in [-0.1, -0.05) is 12.1 Å². The molecule has 0 aliphatic rings. The third kappa shape index (κ3) is 26.9. The van der Waals surface area contributed by atoms with Gasteiger partial charge in [-0.3, -0.25) is 9.05 Å². The van der Waals surface area contributed by atoms with Gasteiger partial charge < -0.3 is 51.6 Å². The molecular formula is C44H87N5O12P3+3. The van der Waals surface area contributed by atoms with Crippen LogP contribution in [0.1, 0.15) is 66.5 Å². The smallest absolute Gasteiger partial charge is 0.412 e. The Labute approximate surface area is 386 Å². The Bertz CT molecular complexity index is 1790. The molecule has 2 aromatic rings. The lowest BCUT2D eigenvalue weighted by atomic mass is 10.1. The Morgan fingerprint density at radius 2 is 0.922 bits per heavy atom. The lowest BCUT2D eigenvalue weighted by molar-refractivity contribution is -0.870. The van der Waals surface area contributed by atoms with Crippen LogP contribution in [0.5, 0.6) is 23.0 Å². The second-order valence-corrected chi connectivity index (χ2v) is 25.7. The van der Waals surface area contributed by atoms with Crippen molar-refractivity contribution >= 4 is 29.3 Å². The van der Waals surface area contributed by atoms with Crippen molar-refractivity contribution in [2.24, 2.45) is 0 Å². The fourth-order valence-corrected chi connectivity index (χ4v) is 9.62. The summed E-state index contributed by atoms with van der Waals surface area (Å²) >= 11 is 0. The van der Waals surface area contributed by atoms with E-state index in [-0.39, 0.29) is 50.8 Å². The number of ether oxygens (including phenoxy) is 4. The van der Waals surface area contributed by atoms with Crippen molar-refractivity contribution in [3.8, 4) is 23.0 Å². The average molecular weight is 971 g/mol. The molecule has 64 heavy (non-hydrogen) atoms. The Balaban J connectivity index is 0.000000672. The second-order valence-electron chi connectivity index (χ2n) is 19.9. The van der Waals surface area contributed by atoms with Gasteiger partial charge in [0.2, 0.25) is 0 Å². The van der Waals surface area contributed by atoms with E-state index >= 15 is 0 Å². The minimum atomic E-state index is -4.42. The van der Waals surface area contributed by atoms with Crippen LogP contribution >= 0.6 is 23.0 Å². The number of rotatable bonds is 29. The highest BCUT2D eigenvalue weighted by molar-refractivity contribution is 7.71. The quantitative estimate of drug-likeness (QED) is 0.0482. The molecule has 0 heterocycles. The largest absolute Gasteiger partial charge is 0.487 e. The molecule has 0 aromatic heterocycles. The SMILES string of the molecule is C=P(O)(OCC[N+](C)(C)C)N(CCc1ccc(OC(C)C)c(OC(C)C)c1)P(=O)(O)OCC[N+](C)(C)C.CC(C)Oc1ccc(CCNP(=O)(O)OCC[N+](C)(C)C)cc1OC(C)C. The van der Waals surface area contributed by atoms with Crippen LogP contribution in [-0.2, 0) is 35.5 Å². The van der Waals surface area contributed by atoms with Crippen molar-refractivity contribution in [2.75, 3.05) is 116 Å². The normalized spacial score (nSPS) is 15.5. The van der Waals surface area contributed by atoms with Crippen molar-refractivity contribution in [3.63, 3.8) is 0 Å². The Hall–Kier alpha value is -2.04. The number of quaternary nitrogens is 3. The van der Waals surface area contributed by atoms with Gasteiger partial charge in [-0.05, 0) is 110 Å². The maximum Gasteiger partial charge on any atom is 0.412 e. The van der Waals surface area contributed by atoms with Gasteiger partial charge in [0.05, 0.1) is 87.8 Å². The highest BCUT2D eigenvalue weighted by Gasteiger charge is 2.39. The second kappa shape index (κ2) is 26.5. The van der Waals surface area contributed by atoms with Crippen molar-refractivity contribution in [1.82, 2.24) is 9.53 Å². The first-order valence-electron chi connectivity index (χ1n) is 22.0. The van der Waals surface area contributed by atoms with Crippen molar-refractivity contribution in [2.45, 2.75) is 92.6 Å². The topological polar surface area (TPSA) is 175 Å². The number of likely N-dealkylation sites (N-methyl/N-ethyl adjacent to an activating group) is 3. The Morgan fingerprint density at radius 1 is 0.562 bits per heavy atom. The van der Waals surface area contributed by atoms with Crippen LogP contribution in [0, 0.1) is 0 Å². The number of nitrogens with zero attached hydrogens (tertiary/aromatic N) is 4. The van der Waals surface area contributed by atoms with Crippen LogP contribution in [-0.4, -0.2) is 179 Å². The van der Waals surface area contributed by atoms with Gasteiger partial charge in [-0.15, -0.1) is 4.44 Å². The minimum absolute atomic E-state index is 0.00179. The fraction of sp³-hybridized carbons (Fsp3) is 0.705. The molecule has 0 fully saturated rings. The molecule has 3 unspecified atom stereocenters. The fourth-order valence-electron chi connectivity index (χ4n) is 5.35. The summed E-state index contributed by atoms with van der Waals surface area (Å²) < 4.78 is 68.0. The first-order valence-corrected chi connectivity index (χ1v) is 26.9. The Morgan fingerprint density at radius 3 is 1.31 bits per heavy atom. The van der Waals surface area contributed by atoms with Crippen LogP contribution in [0.15, 0.2) is 36.4 Å². The van der Waals surface area contributed by atoms with Crippen LogP contribution < -0.4 is 24.0 Å². The molecule has 0 saturated carbocycles. The van der Waals surface area contributed by atoms with Gasteiger partial charge in [0.1, 0.15) is 39.5 Å². The van der Waals surface area contributed by atoms with Gasteiger partial charge in [0, 0.05) is 13.1 Å². The first kappa shape index (κ1) is 60.0. The maximum absolute atomic E-state index is 13.4. The monoisotopic (exact) mass is 971 g/mol. The maximum atomic E-state index is 13.4. The lowest BCUT2D eigenvalue weighted by Gasteiger charge is -2.35. The highest BCUT2D eigenvalue weighted by Crippen LogP contribution is 2.63. The predicted molar refractivity (Wildman–Crippen MR) is 261 cm³/mol. The summed E-state index contributed by atoms with van der Waals surface area (Å²) in [6.07, 6.45) is 4.74. The number of benzene rings is 2. The molecule has 0 aliphatic heterocycles. The minimum Gasteiger partial charge on any atom is -0.487 e. The molecule has 20 heteroatoms. The zero-order valence-electron chi connectivity index (χ0n) is 42.2. The summed E-state index contributed by atoms with van der Waals surface area (Å²) in [6.45, 7) is 18.1. The third-order valence-corrected chi connectivity index (χ3v) is 14.0. The summed E-state index contributed by atoms with van der Waals surface area (Å²) in [4.78, 5) is 32.0. The van der Waals surface area contributed by atoms with E-state index in [0.29, 0.717) is 75.5 Å². The lowest BCUT2D eigenvalue weighted by Crippen LogP contribution is -2.38. The molecule has 0 spiro atoms. The summed E-state index contributed by atoms with van der Waals surface area (Å²) in [5.41, 5.74) is 1.83. The molecule has 0 saturated heterocycles. The molecule has 4 N–H and O–H groups in total. The van der Waals surface area contributed by atoms with E-state index in [4.69, 9.17) is 32.5 Å². The van der Waals surface area contributed by atoms with Gasteiger partial charge in [-0.25, -0.2) is 14.2 Å². The van der Waals surface area contributed by atoms with Crippen LogP contribution in [0.2, 0.25) is 0 Å². The number of hydrogen-bond acceptors (Lipinski definition) is 10. The van der Waals surface area contributed by atoms with Gasteiger partial charge in [0.25, 0.3) is 0 Å². The van der Waals surface area contributed by atoms with E-state index in [9.17, 15) is 23.8 Å². The van der Waals surface area contributed by atoms with Crippen molar-refractivity contribution in [1.29, 1.82) is 0 Å². The molecule has 0 aliphatic carbocycles. The zero-order valence-corrected chi connectivity index (χ0v) is 44.9. The van der Waals surface area contributed by atoms with E-state index in [0.717, 1.165) is 15.6 Å². The van der Waals surface area contributed by atoms with Gasteiger partial charge in [-0.2, -0.15) is 0 Å². The molecule has 0 amide bonds. The van der Waals surface area contributed by atoms with E-state index in [1.54, 1.807) is 0 Å². The molecule has 0 bridgehead atoms. The molecule has 2 aromatic carbocycles. The van der Waals surface area contributed by atoms with Crippen LogP contribution in [0.4, 0.5) is 0 Å². The van der Waals surface area contributed by atoms with E-state index in [1.807, 2.05) is 155 Å². The van der Waals surface area contributed by atoms with E-state index in [1.165, 1.54) is 0 Å². The van der Waals surface area contributed by atoms with Crippen LogP contribution in [0.3, 0.4) is 0 Å². The first-order chi connectivity index (χ1) is 29.1. The highest BCUT2D eigenvalue weighted by atomic mass is 31.3. The average Bonchev–Trinajstić information content (AvgIpc) is 3.07. The molecule has 3 atom stereocenters. The van der Waals surface area contributed by atoms with E-state index in [2.05, 4.69) is 11.4 Å². The van der Waals surface area contributed by atoms with Gasteiger partial charge in [0.15, 0.2) is 30.5 Å². The third-order valence-electron chi connectivity index (χ3n) is 8.56. The molecule has 372 valence electrons. The molecule has 17 nitrogen and oxygen atoms in total.